The Bertz CT molecular complexity index is 495. The lowest BCUT2D eigenvalue weighted by Gasteiger charge is -1.98. The molecule has 0 atom stereocenters. The van der Waals surface area contributed by atoms with Crippen molar-refractivity contribution in [1.29, 1.82) is 0 Å². The van der Waals surface area contributed by atoms with Crippen LogP contribution in [0.4, 0.5) is 0 Å². The van der Waals surface area contributed by atoms with Crippen molar-refractivity contribution in [1.82, 2.24) is 4.98 Å². The molecule has 17 heavy (non-hydrogen) atoms. The minimum atomic E-state index is 0.475. The Kier molecular flexibility index (Phi) is 3.86. The van der Waals surface area contributed by atoms with E-state index in [2.05, 4.69) is 10.1 Å². The highest BCUT2D eigenvalue weighted by Crippen LogP contribution is 2.01. The topological polar surface area (TPSA) is 34.5 Å². The van der Waals surface area contributed by atoms with Gasteiger partial charge in [0.15, 0.2) is 0 Å². The SMILES string of the molecule is Cc1cccc(C=NOCc2ccccc2)n1. The van der Waals surface area contributed by atoms with Crippen LogP contribution in [0.3, 0.4) is 0 Å². The van der Waals surface area contributed by atoms with E-state index in [1.165, 1.54) is 0 Å². The van der Waals surface area contributed by atoms with E-state index in [-0.39, 0.29) is 0 Å². The molecule has 0 aliphatic rings. The molecular formula is C14H14N2O. The largest absolute Gasteiger partial charge is 0.391 e. The summed E-state index contributed by atoms with van der Waals surface area (Å²) < 4.78 is 0. The van der Waals surface area contributed by atoms with Gasteiger partial charge in [0.1, 0.15) is 6.61 Å². The third-order valence-electron chi connectivity index (χ3n) is 2.24. The van der Waals surface area contributed by atoms with E-state index in [9.17, 15) is 0 Å². The van der Waals surface area contributed by atoms with Gasteiger partial charge in [-0.1, -0.05) is 41.6 Å². The zero-order chi connectivity index (χ0) is 11.9. The van der Waals surface area contributed by atoms with E-state index in [0.717, 1.165) is 17.0 Å². The fourth-order valence-electron chi connectivity index (χ4n) is 1.41. The van der Waals surface area contributed by atoms with Gasteiger partial charge in [-0.15, -0.1) is 0 Å². The number of hydrogen-bond acceptors (Lipinski definition) is 3. The summed E-state index contributed by atoms with van der Waals surface area (Å²) in [6, 6.07) is 15.7. The minimum absolute atomic E-state index is 0.475. The molecule has 0 bridgehead atoms. The zero-order valence-corrected chi connectivity index (χ0v) is 9.71. The van der Waals surface area contributed by atoms with Crippen molar-refractivity contribution in [2.24, 2.45) is 5.16 Å². The Morgan fingerprint density at radius 3 is 2.71 bits per heavy atom. The summed E-state index contributed by atoms with van der Waals surface area (Å²) in [5.74, 6) is 0. The number of rotatable bonds is 4. The average molecular weight is 226 g/mol. The van der Waals surface area contributed by atoms with Crippen LogP contribution in [0.5, 0.6) is 0 Å². The lowest BCUT2D eigenvalue weighted by Crippen LogP contribution is -1.91. The number of aryl methyl sites for hydroxylation is 1. The molecule has 0 N–H and O–H groups in total. The summed E-state index contributed by atoms with van der Waals surface area (Å²) in [5.41, 5.74) is 2.87. The van der Waals surface area contributed by atoms with Crippen molar-refractivity contribution in [3.63, 3.8) is 0 Å². The lowest BCUT2D eigenvalue weighted by atomic mass is 10.2. The zero-order valence-electron chi connectivity index (χ0n) is 9.71. The van der Waals surface area contributed by atoms with Crippen LogP contribution in [-0.4, -0.2) is 11.2 Å². The summed E-state index contributed by atoms with van der Waals surface area (Å²) >= 11 is 0. The van der Waals surface area contributed by atoms with Gasteiger partial charge < -0.3 is 4.84 Å². The number of oxime groups is 1. The maximum atomic E-state index is 5.19. The molecule has 2 aromatic rings. The van der Waals surface area contributed by atoms with Crippen molar-refractivity contribution in [2.45, 2.75) is 13.5 Å². The Morgan fingerprint density at radius 2 is 1.94 bits per heavy atom. The van der Waals surface area contributed by atoms with Crippen molar-refractivity contribution in [2.75, 3.05) is 0 Å². The Morgan fingerprint density at radius 1 is 1.12 bits per heavy atom. The second kappa shape index (κ2) is 5.80. The molecule has 1 heterocycles. The van der Waals surface area contributed by atoms with Crippen LogP contribution in [0, 0.1) is 6.92 Å². The summed E-state index contributed by atoms with van der Waals surface area (Å²) in [7, 11) is 0. The maximum absolute atomic E-state index is 5.19. The highest BCUT2D eigenvalue weighted by molar-refractivity contribution is 5.76. The van der Waals surface area contributed by atoms with Crippen LogP contribution in [0.2, 0.25) is 0 Å². The molecule has 3 nitrogen and oxygen atoms in total. The summed E-state index contributed by atoms with van der Waals surface area (Å²) in [4.78, 5) is 9.48. The first kappa shape index (κ1) is 11.3. The molecule has 0 saturated carbocycles. The predicted molar refractivity (Wildman–Crippen MR) is 67.8 cm³/mol. The lowest BCUT2D eigenvalue weighted by molar-refractivity contribution is 0.132. The van der Waals surface area contributed by atoms with Crippen LogP contribution < -0.4 is 0 Å². The van der Waals surface area contributed by atoms with Crippen LogP contribution in [0.15, 0.2) is 53.7 Å². The monoisotopic (exact) mass is 226 g/mol. The molecule has 1 aromatic heterocycles. The standard InChI is InChI=1S/C14H14N2O/c1-12-6-5-9-14(16-12)10-15-17-11-13-7-3-2-4-8-13/h2-10H,11H2,1H3. The van der Waals surface area contributed by atoms with Crippen LogP contribution in [-0.2, 0) is 11.4 Å². The second-order valence-electron chi connectivity index (χ2n) is 3.70. The number of aromatic nitrogens is 1. The van der Waals surface area contributed by atoms with Crippen LogP contribution in [0.25, 0.3) is 0 Å². The van der Waals surface area contributed by atoms with Crippen molar-refractivity contribution in [3.8, 4) is 0 Å². The average Bonchev–Trinajstić information content (AvgIpc) is 2.36. The van der Waals surface area contributed by atoms with Gasteiger partial charge in [0.25, 0.3) is 0 Å². The molecule has 3 heteroatoms. The van der Waals surface area contributed by atoms with E-state index in [0.29, 0.717) is 6.61 Å². The minimum Gasteiger partial charge on any atom is -0.391 e. The molecule has 2 rings (SSSR count). The number of nitrogens with zero attached hydrogens (tertiary/aromatic N) is 2. The van der Waals surface area contributed by atoms with Crippen molar-refractivity contribution < 1.29 is 4.84 Å². The summed E-state index contributed by atoms with van der Waals surface area (Å²) in [6.07, 6.45) is 1.62. The third-order valence-corrected chi connectivity index (χ3v) is 2.24. The molecule has 0 radical (unpaired) electrons. The van der Waals surface area contributed by atoms with Gasteiger partial charge in [-0.3, -0.25) is 4.98 Å². The van der Waals surface area contributed by atoms with Gasteiger partial charge in [-0.25, -0.2) is 0 Å². The first-order valence-corrected chi connectivity index (χ1v) is 5.47. The molecule has 0 saturated heterocycles. The molecule has 0 fully saturated rings. The first-order valence-electron chi connectivity index (χ1n) is 5.47. The van der Waals surface area contributed by atoms with Gasteiger partial charge in [-0.05, 0) is 24.6 Å². The molecule has 0 spiro atoms. The van der Waals surface area contributed by atoms with E-state index < -0.39 is 0 Å². The van der Waals surface area contributed by atoms with Crippen molar-refractivity contribution >= 4 is 6.21 Å². The van der Waals surface area contributed by atoms with Gasteiger partial charge in [0, 0.05) is 5.69 Å². The fraction of sp³-hybridized carbons (Fsp3) is 0.143. The van der Waals surface area contributed by atoms with Gasteiger partial charge >= 0.3 is 0 Å². The highest BCUT2D eigenvalue weighted by atomic mass is 16.6. The molecule has 1 aromatic carbocycles. The van der Waals surface area contributed by atoms with E-state index in [1.54, 1.807) is 6.21 Å². The third kappa shape index (κ3) is 3.72. The van der Waals surface area contributed by atoms with Crippen LogP contribution >= 0.6 is 0 Å². The molecule has 0 amide bonds. The number of pyridine rings is 1. The van der Waals surface area contributed by atoms with E-state index in [4.69, 9.17) is 4.84 Å². The summed E-state index contributed by atoms with van der Waals surface area (Å²) in [5, 5.41) is 3.89. The molecule has 0 aliphatic carbocycles. The van der Waals surface area contributed by atoms with Gasteiger partial charge in [-0.2, -0.15) is 0 Å². The number of benzene rings is 1. The predicted octanol–water partition coefficient (Wildman–Crippen LogP) is 2.94. The normalized spacial score (nSPS) is 10.6. The Labute approximate surface area is 101 Å². The molecule has 0 unspecified atom stereocenters. The molecular weight excluding hydrogens is 212 g/mol. The maximum Gasteiger partial charge on any atom is 0.142 e. The quantitative estimate of drug-likeness (QED) is 0.593. The van der Waals surface area contributed by atoms with E-state index in [1.807, 2.05) is 55.5 Å². The fourth-order valence-corrected chi connectivity index (χ4v) is 1.41. The second-order valence-corrected chi connectivity index (χ2v) is 3.70. The Hall–Kier alpha value is -2.16. The first-order chi connectivity index (χ1) is 8.34. The summed E-state index contributed by atoms with van der Waals surface area (Å²) in [6.45, 7) is 2.42. The van der Waals surface area contributed by atoms with Gasteiger partial charge in [0.2, 0.25) is 0 Å². The van der Waals surface area contributed by atoms with E-state index >= 15 is 0 Å². The number of hydrogen-bond donors (Lipinski definition) is 0. The molecule has 86 valence electrons. The molecule has 0 aliphatic heterocycles. The smallest absolute Gasteiger partial charge is 0.142 e. The van der Waals surface area contributed by atoms with Crippen molar-refractivity contribution in [3.05, 3.63) is 65.5 Å². The Balaban J connectivity index is 1.86. The highest BCUT2D eigenvalue weighted by Gasteiger charge is 1.91. The van der Waals surface area contributed by atoms with Gasteiger partial charge in [0.05, 0.1) is 11.9 Å². The van der Waals surface area contributed by atoms with Crippen LogP contribution in [0.1, 0.15) is 17.0 Å².